The minimum Gasteiger partial charge on any atom is -0.481 e. The van der Waals surface area contributed by atoms with Crippen molar-refractivity contribution in [1.29, 1.82) is 0 Å². The van der Waals surface area contributed by atoms with E-state index < -0.39 is 5.97 Å². The van der Waals surface area contributed by atoms with Gasteiger partial charge in [-0.3, -0.25) is 9.59 Å². The van der Waals surface area contributed by atoms with E-state index >= 15 is 0 Å². The number of carbonyl (C=O) groups is 2. The molecule has 1 rings (SSSR count). The Morgan fingerprint density at radius 1 is 0.950 bits per heavy atom. The minimum absolute atomic E-state index is 0.0330. The van der Waals surface area contributed by atoms with E-state index in [1.54, 1.807) is 0 Å². The molecule has 0 heterocycles. The van der Waals surface area contributed by atoms with Gasteiger partial charge in [0.1, 0.15) is 0 Å². The van der Waals surface area contributed by atoms with Gasteiger partial charge in [-0.2, -0.15) is 0 Å². The second-order valence-electron chi connectivity index (χ2n) is 5.95. The van der Waals surface area contributed by atoms with Crippen LogP contribution in [0.3, 0.4) is 0 Å². The van der Waals surface area contributed by atoms with Crippen molar-refractivity contribution in [2.24, 2.45) is 11.8 Å². The topological polar surface area (TPSA) is 66.4 Å². The van der Waals surface area contributed by atoms with Gasteiger partial charge >= 0.3 is 5.97 Å². The molecule has 116 valence electrons. The summed E-state index contributed by atoms with van der Waals surface area (Å²) in [4.78, 5) is 22.8. The van der Waals surface area contributed by atoms with Crippen molar-refractivity contribution < 1.29 is 14.7 Å². The number of nitrogens with one attached hydrogen (secondary N) is 1. The lowest BCUT2D eigenvalue weighted by Gasteiger charge is -2.25. The first-order chi connectivity index (χ1) is 9.65. The summed E-state index contributed by atoms with van der Waals surface area (Å²) in [5.41, 5.74) is 0. The van der Waals surface area contributed by atoms with E-state index in [-0.39, 0.29) is 17.7 Å². The summed E-state index contributed by atoms with van der Waals surface area (Å²) in [6.07, 6.45) is 10.1. The molecule has 0 aromatic heterocycles. The van der Waals surface area contributed by atoms with Gasteiger partial charge in [0.25, 0.3) is 0 Å². The van der Waals surface area contributed by atoms with Crippen molar-refractivity contribution in [3.8, 4) is 0 Å². The van der Waals surface area contributed by atoms with Crippen LogP contribution in [0.5, 0.6) is 0 Å². The number of hydrogen-bond acceptors (Lipinski definition) is 2. The number of unbranched alkanes of at least 4 members (excludes halogenated alkanes) is 5. The fourth-order valence-electron chi connectivity index (χ4n) is 2.86. The molecule has 1 saturated carbocycles. The fourth-order valence-corrected chi connectivity index (χ4v) is 2.86. The summed E-state index contributed by atoms with van der Waals surface area (Å²) in [6, 6.07) is 0. The number of hydrogen-bond donors (Lipinski definition) is 2. The van der Waals surface area contributed by atoms with Crippen LogP contribution in [0.2, 0.25) is 0 Å². The van der Waals surface area contributed by atoms with E-state index in [1.165, 1.54) is 32.1 Å². The Labute approximate surface area is 122 Å². The van der Waals surface area contributed by atoms with Crippen molar-refractivity contribution in [2.45, 2.75) is 71.1 Å². The smallest absolute Gasteiger partial charge is 0.306 e. The van der Waals surface area contributed by atoms with Crippen molar-refractivity contribution in [3.05, 3.63) is 0 Å². The summed E-state index contributed by atoms with van der Waals surface area (Å²) in [7, 11) is 0. The molecule has 1 aliphatic rings. The lowest BCUT2D eigenvalue weighted by atomic mass is 9.81. The van der Waals surface area contributed by atoms with Crippen molar-refractivity contribution >= 4 is 11.9 Å². The maximum Gasteiger partial charge on any atom is 0.306 e. The van der Waals surface area contributed by atoms with Gasteiger partial charge in [-0.15, -0.1) is 0 Å². The van der Waals surface area contributed by atoms with Crippen LogP contribution in [-0.2, 0) is 9.59 Å². The predicted molar refractivity (Wildman–Crippen MR) is 79.5 cm³/mol. The van der Waals surface area contributed by atoms with Crippen LogP contribution < -0.4 is 5.32 Å². The monoisotopic (exact) mass is 283 g/mol. The van der Waals surface area contributed by atoms with Gasteiger partial charge in [-0.1, -0.05) is 39.0 Å². The van der Waals surface area contributed by atoms with Gasteiger partial charge in [-0.05, 0) is 32.1 Å². The Morgan fingerprint density at radius 2 is 1.50 bits per heavy atom. The van der Waals surface area contributed by atoms with E-state index in [4.69, 9.17) is 5.11 Å². The highest BCUT2D eigenvalue weighted by atomic mass is 16.4. The van der Waals surface area contributed by atoms with Crippen molar-refractivity contribution in [3.63, 3.8) is 0 Å². The zero-order valence-electron chi connectivity index (χ0n) is 12.7. The van der Waals surface area contributed by atoms with E-state index in [1.807, 2.05) is 0 Å². The Balaban J connectivity index is 2.04. The molecule has 0 radical (unpaired) electrons. The predicted octanol–water partition coefficient (Wildman–Crippen LogP) is 3.35. The molecule has 0 saturated heterocycles. The highest BCUT2D eigenvalue weighted by Gasteiger charge is 2.29. The Kier molecular flexibility index (Phi) is 8.31. The van der Waals surface area contributed by atoms with Crippen LogP contribution in [0.4, 0.5) is 0 Å². The molecule has 0 aliphatic heterocycles. The molecule has 0 bridgehead atoms. The Bertz CT molecular complexity index is 296. The number of carboxylic acid groups (broad SMARTS) is 1. The van der Waals surface area contributed by atoms with E-state index in [2.05, 4.69) is 12.2 Å². The fraction of sp³-hybridized carbons (Fsp3) is 0.875. The highest BCUT2D eigenvalue weighted by Crippen LogP contribution is 2.28. The quantitative estimate of drug-likeness (QED) is 0.638. The van der Waals surface area contributed by atoms with Crippen LogP contribution in [0.25, 0.3) is 0 Å². The van der Waals surface area contributed by atoms with Crippen LogP contribution in [-0.4, -0.2) is 23.5 Å². The third kappa shape index (κ3) is 6.40. The van der Waals surface area contributed by atoms with E-state index in [0.29, 0.717) is 12.8 Å². The van der Waals surface area contributed by atoms with Gasteiger partial charge < -0.3 is 10.4 Å². The zero-order valence-corrected chi connectivity index (χ0v) is 12.7. The van der Waals surface area contributed by atoms with Crippen molar-refractivity contribution in [2.75, 3.05) is 6.54 Å². The summed E-state index contributed by atoms with van der Waals surface area (Å²) in [6.45, 7) is 2.98. The lowest BCUT2D eigenvalue weighted by molar-refractivity contribution is -0.144. The second-order valence-corrected chi connectivity index (χ2v) is 5.95. The Morgan fingerprint density at radius 3 is 2.10 bits per heavy atom. The number of amides is 1. The van der Waals surface area contributed by atoms with Crippen LogP contribution in [0, 0.1) is 11.8 Å². The molecule has 0 aromatic carbocycles. The lowest BCUT2D eigenvalue weighted by Crippen LogP contribution is -2.34. The maximum absolute atomic E-state index is 12.0. The molecular formula is C16H29NO3. The summed E-state index contributed by atoms with van der Waals surface area (Å²) >= 11 is 0. The highest BCUT2D eigenvalue weighted by molar-refractivity contribution is 5.79. The molecular weight excluding hydrogens is 254 g/mol. The Hall–Kier alpha value is -1.06. The SMILES string of the molecule is CCCCCCCCNC(=O)C1CCC(C(=O)O)CC1. The molecule has 1 fully saturated rings. The van der Waals surface area contributed by atoms with Gasteiger partial charge in [0, 0.05) is 12.5 Å². The first kappa shape index (κ1) is 17.0. The maximum atomic E-state index is 12.0. The third-order valence-electron chi connectivity index (χ3n) is 4.28. The first-order valence-electron chi connectivity index (χ1n) is 8.15. The first-order valence-corrected chi connectivity index (χ1v) is 8.15. The van der Waals surface area contributed by atoms with Crippen molar-refractivity contribution in [1.82, 2.24) is 5.32 Å². The average Bonchev–Trinajstić information content (AvgIpc) is 2.46. The molecule has 0 spiro atoms. The summed E-state index contributed by atoms with van der Waals surface area (Å²) in [5.74, 6) is -0.790. The molecule has 1 aliphatic carbocycles. The molecule has 1 amide bonds. The van der Waals surface area contributed by atoms with E-state index in [0.717, 1.165) is 25.8 Å². The third-order valence-corrected chi connectivity index (χ3v) is 4.28. The molecule has 20 heavy (non-hydrogen) atoms. The van der Waals surface area contributed by atoms with Crippen LogP contribution >= 0.6 is 0 Å². The minimum atomic E-state index is -0.712. The van der Waals surface area contributed by atoms with Gasteiger partial charge in [0.05, 0.1) is 5.92 Å². The molecule has 4 nitrogen and oxygen atoms in total. The normalized spacial score (nSPS) is 22.4. The number of rotatable bonds is 9. The molecule has 0 aromatic rings. The molecule has 0 unspecified atom stereocenters. The number of carbonyl (C=O) groups excluding carboxylic acids is 1. The average molecular weight is 283 g/mol. The van der Waals surface area contributed by atoms with Gasteiger partial charge in [0.15, 0.2) is 0 Å². The van der Waals surface area contributed by atoms with Gasteiger partial charge in [-0.25, -0.2) is 0 Å². The van der Waals surface area contributed by atoms with E-state index in [9.17, 15) is 9.59 Å². The largest absolute Gasteiger partial charge is 0.481 e. The number of aliphatic carboxylic acids is 1. The molecule has 0 atom stereocenters. The molecule has 4 heteroatoms. The van der Waals surface area contributed by atoms with Gasteiger partial charge in [0.2, 0.25) is 5.91 Å². The summed E-state index contributed by atoms with van der Waals surface area (Å²) in [5, 5.41) is 11.9. The number of carboxylic acids is 1. The molecule has 2 N–H and O–H groups in total. The second kappa shape index (κ2) is 9.78. The van der Waals surface area contributed by atoms with Crippen LogP contribution in [0.1, 0.15) is 71.1 Å². The zero-order chi connectivity index (χ0) is 14.8. The standard InChI is InChI=1S/C16H29NO3/c1-2-3-4-5-6-7-12-17-15(18)13-8-10-14(11-9-13)16(19)20/h13-14H,2-12H2,1H3,(H,17,18)(H,19,20). The summed E-state index contributed by atoms with van der Waals surface area (Å²) < 4.78 is 0. The van der Waals surface area contributed by atoms with Crippen LogP contribution in [0.15, 0.2) is 0 Å².